The molecule has 8 nitrogen and oxygen atoms in total. The van der Waals surface area contributed by atoms with Crippen LogP contribution in [0.25, 0.3) is 16.6 Å². The Morgan fingerprint density at radius 2 is 1.93 bits per heavy atom. The van der Waals surface area contributed by atoms with Crippen LogP contribution in [0.2, 0.25) is 0 Å². The van der Waals surface area contributed by atoms with Gasteiger partial charge in [-0.1, -0.05) is 0 Å². The number of carbonyl (C=O) groups is 1. The van der Waals surface area contributed by atoms with Gasteiger partial charge in [-0.2, -0.15) is 0 Å². The van der Waals surface area contributed by atoms with Gasteiger partial charge in [0.25, 0.3) is 0 Å². The van der Waals surface area contributed by atoms with Crippen LogP contribution in [-0.4, -0.2) is 43.6 Å². The average molecular weight is 412 g/mol. The Kier molecular flexibility index (Phi) is 5.72. The molecule has 3 aromatic rings. The van der Waals surface area contributed by atoms with Crippen LogP contribution in [0.4, 0.5) is 10.6 Å². The van der Waals surface area contributed by atoms with Gasteiger partial charge in [-0.05, 0) is 65.3 Å². The fourth-order valence-corrected chi connectivity index (χ4v) is 2.77. The third-order valence-electron chi connectivity index (χ3n) is 3.99. The molecule has 0 saturated heterocycles. The summed E-state index contributed by atoms with van der Waals surface area (Å²) in [6.07, 6.45) is 2.91. The number of aromatic nitrogens is 3. The van der Waals surface area contributed by atoms with E-state index in [1.54, 1.807) is 57.6 Å². The van der Waals surface area contributed by atoms with E-state index >= 15 is 0 Å². The lowest BCUT2D eigenvalue weighted by atomic mass is 10.1. The van der Waals surface area contributed by atoms with E-state index in [4.69, 9.17) is 9.47 Å². The van der Waals surface area contributed by atoms with Crippen molar-refractivity contribution in [2.45, 2.75) is 52.7 Å². The van der Waals surface area contributed by atoms with E-state index in [9.17, 15) is 9.90 Å². The fourth-order valence-electron chi connectivity index (χ4n) is 2.77. The Balaban J connectivity index is 1.89. The molecule has 3 aromatic heterocycles. The highest BCUT2D eigenvalue weighted by Crippen LogP contribution is 2.31. The highest BCUT2D eigenvalue weighted by molar-refractivity contribution is 5.85. The van der Waals surface area contributed by atoms with Gasteiger partial charge in [0.2, 0.25) is 0 Å². The number of pyridine rings is 2. The highest BCUT2D eigenvalue weighted by atomic mass is 16.6. The molecule has 0 atom stereocenters. The molecule has 2 N–H and O–H groups in total. The highest BCUT2D eigenvalue weighted by Gasteiger charge is 2.18. The minimum Gasteiger partial charge on any atom is -0.488 e. The summed E-state index contributed by atoms with van der Waals surface area (Å²) < 4.78 is 12.8. The van der Waals surface area contributed by atoms with Gasteiger partial charge >= 0.3 is 6.09 Å². The van der Waals surface area contributed by atoms with Crippen LogP contribution in [0.1, 0.15) is 40.3 Å². The number of hydrogen-bond donors (Lipinski definition) is 2. The van der Waals surface area contributed by atoms with Crippen LogP contribution in [0.5, 0.6) is 5.75 Å². The first-order chi connectivity index (χ1) is 13.9. The molecule has 8 heteroatoms. The molecule has 0 bridgehead atoms. The van der Waals surface area contributed by atoms with Crippen LogP contribution in [0.3, 0.4) is 0 Å². The molecule has 3 heterocycles. The van der Waals surface area contributed by atoms with Crippen molar-refractivity contribution in [1.82, 2.24) is 14.6 Å². The number of aryl methyl sites for hydroxylation is 1. The number of ether oxygens (including phenoxy) is 2. The van der Waals surface area contributed by atoms with E-state index in [0.717, 1.165) is 22.3 Å². The molecular formula is C22H28N4O4. The molecule has 0 aliphatic heterocycles. The minimum atomic E-state index is -0.959. The van der Waals surface area contributed by atoms with Gasteiger partial charge in [0, 0.05) is 23.5 Å². The topological polar surface area (TPSA) is 98.0 Å². The van der Waals surface area contributed by atoms with Crippen LogP contribution in [0, 0.1) is 6.92 Å². The van der Waals surface area contributed by atoms with Crippen molar-refractivity contribution in [3.8, 4) is 16.9 Å². The largest absolute Gasteiger partial charge is 0.488 e. The molecule has 0 fully saturated rings. The summed E-state index contributed by atoms with van der Waals surface area (Å²) >= 11 is 0. The molecule has 0 spiro atoms. The van der Waals surface area contributed by atoms with Gasteiger partial charge < -0.3 is 14.6 Å². The first-order valence-corrected chi connectivity index (χ1v) is 9.71. The zero-order chi connectivity index (χ0) is 22.1. The summed E-state index contributed by atoms with van der Waals surface area (Å²) in [6, 6.07) is 7.54. The Hall–Kier alpha value is -3.13. The SMILES string of the molecule is Cc1cc(-c2ccn3nc(NC(=O)OC(C)(C)C)cc3c2)c(OCC(C)(C)O)cn1. The molecule has 0 aliphatic rings. The van der Waals surface area contributed by atoms with Crippen molar-refractivity contribution in [3.63, 3.8) is 0 Å². The lowest BCUT2D eigenvalue weighted by Crippen LogP contribution is -2.28. The van der Waals surface area contributed by atoms with Gasteiger partial charge in [0.15, 0.2) is 5.82 Å². The van der Waals surface area contributed by atoms with Gasteiger partial charge in [-0.3, -0.25) is 10.3 Å². The molecule has 3 rings (SSSR count). The summed E-state index contributed by atoms with van der Waals surface area (Å²) in [7, 11) is 0. The predicted molar refractivity (Wildman–Crippen MR) is 115 cm³/mol. The van der Waals surface area contributed by atoms with E-state index in [-0.39, 0.29) is 6.61 Å². The molecule has 30 heavy (non-hydrogen) atoms. The van der Waals surface area contributed by atoms with E-state index in [2.05, 4.69) is 15.4 Å². The summed E-state index contributed by atoms with van der Waals surface area (Å²) in [4.78, 5) is 16.3. The summed E-state index contributed by atoms with van der Waals surface area (Å²) in [5.74, 6) is 0.976. The van der Waals surface area contributed by atoms with Crippen molar-refractivity contribution >= 4 is 17.4 Å². The molecular weight excluding hydrogens is 384 g/mol. The van der Waals surface area contributed by atoms with Crippen molar-refractivity contribution in [2.75, 3.05) is 11.9 Å². The maximum atomic E-state index is 12.0. The Labute approximate surface area is 175 Å². The fraction of sp³-hybridized carbons (Fsp3) is 0.409. The average Bonchev–Trinajstić information content (AvgIpc) is 2.99. The van der Waals surface area contributed by atoms with E-state index in [0.29, 0.717) is 11.6 Å². The predicted octanol–water partition coefficient (Wildman–Crippen LogP) is 4.20. The maximum absolute atomic E-state index is 12.0. The van der Waals surface area contributed by atoms with Crippen LogP contribution in [-0.2, 0) is 4.74 Å². The summed E-state index contributed by atoms with van der Waals surface area (Å²) in [6.45, 7) is 10.8. The maximum Gasteiger partial charge on any atom is 0.413 e. The smallest absolute Gasteiger partial charge is 0.413 e. The van der Waals surface area contributed by atoms with Crippen LogP contribution < -0.4 is 10.1 Å². The zero-order valence-corrected chi connectivity index (χ0v) is 18.2. The number of nitrogens with one attached hydrogen (secondary N) is 1. The second kappa shape index (κ2) is 7.95. The Morgan fingerprint density at radius 1 is 1.20 bits per heavy atom. The lowest BCUT2D eigenvalue weighted by molar-refractivity contribution is 0.0285. The van der Waals surface area contributed by atoms with E-state index < -0.39 is 17.3 Å². The summed E-state index contributed by atoms with van der Waals surface area (Å²) in [5, 5.41) is 17.0. The number of hydrogen-bond acceptors (Lipinski definition) is 6. The second-order valence-electron chi connectivity index (χ2n) is 8.86. The number of amides is 1. The number of carbonyl (C=O) groups excluding carboxylic acids is 1. The minimum absolute atomic E-state index is 0.142. The normalized spacial score (nSPS) is 12.1. The van der Waals surface area contributed by atoms with Crippen LogP contribution >= 0.6 is 0 Å². The van der Waals surface area contributed by atoms with Crippen LogP contribution in [0.15, 0.2) is 36.7 Å². The van der Waals surface area contributed by atoms with Crippen molar-refractivity contribution in [2.24, 2.45) is 0 Å². The number of anilines is 1. The van der Waals surface area contributed by atoms with Crippen molar-refractivity contribution in [3.05, 3.63) is 42.4 Å². The van der Waals surface area contributed by atoms with Crippen molar-refractivity contribution < 1.29 is 19.4 Å². The molecule has 160 valence electrons. The summed E-state index contributed by atoms with van der Waals surface area (Å²) in [5.41, 5.74) is 1.86. The lowest BCUT2D eigenvalue weighted by Gasteiger charge is -2.19. The Bertz CT molecular complexity index is 1060. The van der Waals surface area contributed by atoms with Gasteiger partial charge in [-0.15, -0.1) is 5.10 Å². The van der Waals surface area contributed by atoms with E-state index in [1.165, 1.54) is 0 Å². The first kappa shape index (κ1) is 21.6. The number of aliphatic hydroxyl groups is 1. The zero-order valence-electron chi connectivity index (χ0n) is 18.2. The quantitative estimate of drug-likeness (QED) is 0.652. The second-order valence-corrected chi connectivity index (χ2v) is 8.86. The molecule has 0 aliphatic carbocycles. The molecule has 0 aromatic carbocycles. The molecule has 1 amide bonds. The number of rotatable bonds is 5. The third kappa shape index (κ3) is 5.70. The first-order valence-electron chi connectivity index (χ1n) is 9.71. The number of fused-ring (bicyclic) bond motifs is 1. The molecule has 0 saturated carbocycles. The molecule has 0 unspecified atom stereocenters. The van der Waals surface area contributed by atoms with Gasteiger partial charge in [-0.25, -0.2) is 9.31 Å². The van der Waals surface area contributed by atoms with Gasteiger partial charge in [0.05, 0.1) is 17.3 Å². The van der Waals surface area contributed by atoms with Gasteiger partial charge in [0.1, 0.15) is 18.0 Å². The monoisotopic (exact) mass is 412 g/mol. The standard InChI is InChI=1S/C22H28N4O4/c1-14-9-17(18(12-23-14)29-13-22(5,6)28)15-7-8-26-16(10-15)11-19(25-26)24-20(27)30-21(2,3)4/h7-12,28H,13H2,1-6H3,(H,24,25,27). The van der Waals surface area contributed by atoms with E-state index in [1.807, 2.05) is 25.1 Å². The third-order valence-corrected chi connectivity index (χ3v) is 3.99. The molecule has 0 radical (unpaired) electrons. The number of nitrogens with zero attached hydrogens (tertiary/aromatic N) is 3. The van der Waals surface area contributed by atoms with Crippen molar-refractivity contribution in [1.29, 1.82) is 0 Å². The Morgan fingerprint density at radius 3 is 2.60 bits per heavy atom.